The Hall–Kier alpha value is -1.46. The first-order chi connectivity index (χ1) is 9.97. The number of hydrogen-bond donors (Lipinski definition) is 0. The van der Waals surface area contributed by atoms with E-state index in [0.29, 0.717) is 23.9 Å². The maximum atomic E-state index is 12.3. The predicted octanol–water partition coefficient (Wildman–Crippen LogP) is 3.59. The lowest BCUT2D eigenvalue weighted by atomic mass is 10.3. The van der Waals surface area contributed by atoms with Crippen LogP contribution in [0.3, 0.4) is 0 Å². The summed E-state index contributed by atoms with van der Waals surface area (Å²) in [7, 11) is 3.60. The number of carbonyl (C=O) groups excluding carboxylic acids is 1. The van der Waals surface area contributed by atoms with Crippen molar-refractivity contribution in [1.29, 1.82) is 0 Å². The van der Waals surface area contributed by atoms with Crippen LogP contribution in [0.4, 0.5) is 0 Å². The molecule has 0 aliphatic heterocycles. The summed E-state index contributed by atoms with van der Waals surface area (Å²) in [5.74, 6) is 0.699. The van der Waals surface area contributed by atoms with Crippen molar-refractivity contribution in [3.05, 3.63) is 51.7 Å². The van der Waals surface area contributed by atoms with Crippen LogP contribution in [0.5, 0.6) is 5.75 Å². The van der Waals surface area contributed by atoms with Gasteiger partial charge in [0.15, 0.2) is 0 Å². The standard InChI is InChI=1S/C15H16BrClN2O2/c1-18(15(20)14-9-11(16)10-19(14)2)7-8-21-13-5-3-12(17)4-6-13/h3-6,9-10H,7-8H2,1-2H3. The highest BCUT2D eigenvalue weighted by molar-refractivity contribution is 9.10. The van der Waals surface area contributed by atoms with E-state index in [-0.39, 0.29) is 5.91 Å². The number of benzene rings is 1. The number of aryl methyl sites for hydroxylation is 1. The molecule has 0 N–H and O–H groups in total. The van der Waals surface area contributed by atoms with Gasteiger partial charge in [-0.15, -0.1) is 0 Å². The van der Waals surface area contributed by atoms with Crippen molar-refractivity contribution in [2.75, 3.05) is 20.2 Å². The highest BCUT2D eigenvalue weighted by Gasteiger charge is 2.15. The third kappa shape index (κ3) is 4.25. The Labute approximate surface area is 137 Å². The van der Waals surface area contributed by atoms with Gasteiger partial charge in [-0.3, -0.25) is 4.79 Å². The van der Waals surface area contributed by atoms with Gasteiger partial charge in [-0.2, -0.15) is 0 Å². The van der Waals surface area contributed by atoms with Crippen LogP contribution < -0.4 is 4.74 Å². The average Bonchev–Trinajstić information content (AvgIpc) is 2.79. The molecule has 0 saturated heterocycles. The van der Waals surface area contributed by atoms with Crippen molar-refractivity contribution >= 4 is 33.4 Å². The van der Waals surface area contributed by atoms with Crippen LogP contribution in [0, 0.1) is 0 Å². The summed E-state index contributed by atoms with van der Waals surface area (Å²) in [5.41, 5.74) is 0.635. The highest BCUT2D eigenvalue weighted by Crippen LogP contribution is 2.16. The van der Waals surface area contributed by atoms with Gasteiger partial charge in [-0.1, -0.05) is 11.6 Å². The Kier molecular flexibility index (Phi) is 5.31. The number of carbonyl (C=O) groups is 1. The number of hydrogen-bond acceptors (Lipinski definition) is 2. The number of nitrogens with zero attached hydrogens (tertiary/aromatic N) is 2. The molecular formula is C15H16BrClN2O2. The van der Waals surface area contributed by atoms with Gasteiger partial charge in [0.25, 0.3) is 5.91 Å². The lowest BCUT2D eigenvalue weighted by Gasteiger charge is -2.17. The predicted molar refractivity (Wildman–Crippen MR) is 87.0 cm³/mol. The Morgan fingerprint density at radius 2 is 2.05 bits per heavy atom. The van der Waals surface area contributed by atoms with Gasteiger partial charge in [0, 0.05) is 29.8 Å². The van der Waals surface area contributed by atoms with E-state index in [9.17, 15) is 4.79 Å². The second-order valence-corrected chi connectivity index (χ2v) is 6.04. The molecular weight excluding hydrogens is 356 g/mol. The molecule has 6 heteroatoms. The maximum absolute atomic E-state index is 12.3. The smallest absolute Gasteiger partial charge is 0.270 e. The molecule has 0 atom stereocenters. The number of amides is 1. The molecule has 0 saturated carbocycles. The second-order valence-electron chi connectivity index (χ2n) is 4.68. The summed E-state index contributed by atoms with van der Waals surface area (Å²) in [6.07, 6.45) is 1.85. The molecule has 0 bridgehead atoms. The minimum Gasteiger partial charge on any atom is -0.492 e. The Bertz CT molecular complexity index is 625. The van der Waals surface area contributed by atoms with E-state index in [4.69, 9.17) is 16.3 Å². The zero-order chi connectivity index (χ0) is 15.4. The zero-order valence-corrected chi connectivity index (χ0v) is 14.2. The third-order valence-corrected chi connectivity index (χ3v) is 3.73. The lowest BCUT2D eigenvalue weighted by Crippen LogP contribution is -2.32. The van der Waals surface area contributed by atoms with E-state index >= 15 is 0 Å². The quantitative estimate of drug-likeness (QED) is 0.805. The van der Waals surface area contributed by atoms with E-state index < -0.39 is 0 Å². The van der Waals surface area contributed by atoms with Crippen LogP contribution in [-0.2, 0) is 7.05 Å². The van der Waals surface area contributed by atoms with Crippen molar-refractivity contribution in [3.63, 3.8) is 0 Å². The van der Waals surface area contributed by atoms with Crippen molar-refractivity contribution in [1.82, 2.24) is 9.47 Å². The maximum Gasteiger partial charge on any atom is 0.270 e. The van der Waals surface area contributed by atoms with Gasteiger partial charge < -0.3 is 14.2 Å². The Balaban J connectivity index is 1.87. The van der Waals surface area contributed by atoms with E-state index in [1.54, 1.807) is 46.8 Å². The summed E-state index contributed by atoms with van der Waals surface area (Å²) in [6, 6.07) is 8.95. The van der Waals surface area contributed by atoms with Crippen molar-refractivity contribution < 1.29 is 9.53 Å². The largest absolute Gasteiger partial charge is 0.492 e. The molecule has 1 aromatic heterocycles. The first kappa shape index (κ1) is 15.9. The third-order valence-electron chi connectivity index (χ3n) is 3.05. The van der Waals surface area contributed by atoms with Gasteiger partial charge in [0.2, 0.25) is 0 Å². The van der Waals surface area contributed by atoms with E-state index in [1.807, 2.05) is 13.2 Å². The summed E-state index contributed by atoms with van der Waals surface area (Å²) >= 11 is 9.17. The van der Waals surface area contributed by atoms with Gasteiger partial charge in [0.1, 0.15) is 18.1 Å². The number of halogens is 2. The van der Waals surface area contributed by atoms with Gasteiger partial charge in [-0.25, -0.2) is 0 Å². The first-order valence-corrected chi connectivity index (χ1v) is 7.60. The molecule has 2 rings (SSSR count). The fourth-order valence-electron chi connectivity index (χ4n) is 1.87. The summed E-state index contributed by atoms with van der Waals surface area (Å²) < 4.78 is 8.27. The van der Waals surface area contributed by atoms with Crippen molar-refractivity contribution in [3.8, 4) is 5.75 Å². The molecule has 2 aromatic rings. The summed E-state index contributed by atoms with van der Waals surface area (Å²) in [5, 5.41) is 0.670. The molecule has 4 nitrogen and oxygen atoms in total. The molecule has 1 heterocycles. The van der Waals surface area contributed by atoms with Crippen molar-refractivity contribution in [2.45, 2.75) is 0 Å². The fourth-order valence-corrected chi connectivity index (χ4v) is 2.52. The molecule has 1 aromatic carbocycles. The minimum absolute atomic E-state index is 0.0390. The molecule has 0 aliphatic rings. The van der Waals surface area contributed by atoms with Crippen LogP contribution in [-0.4, -0.2) is 35.6 Å². The van der Waals surface area contributed by atoms with Crippen molar-refractivity contribution in [2.24, 2.45) is 7.05 Å². The molecule has 0 spiro atoms. The van der Waals surface area contributed by atoms with Gasteiger partial charge in [-0.05, 0) is 46.3 Å². The highest BCUT2D eigenvalue weighted by atomic mass is 79.9. The minimum atomic E-state index is -0.0390. The van der Waals surface area contributed by atoms with Gasteiger partial charge >= 0.3 is 0 Å². The molecule has 21 heavy (non-hydrogen) atoms. The monoisotopic (exact) mass is 370 g/mol. The molecule has 112 valence electrons. The average molecular weight is 372 g/mol. The fraction of sp³-hybridized carbons (Fsp3) is 0.267. The van der Waals surface area contributed by atoms with Crippen LogP contribution in [0.25, 0.3) is 0 Å². The molecule has 0 aliphatic carbocycles. The zero-order valence-electron chi connectivity index (χ0n) is 11.8. The topological polar surface area (TPSA) is 34.5 Å². The summed E-state index contributed by atoms with van der Waals surface area (Å²) in [4.78, 5) is 13.9. The first-order valence-electron chi connectivity index (χ1n) is 6.43. The number of ether oxygens (including phenoxy) is 1. The molecule has 0 fully saturated rings. The molecule has 0 radical (unpaired) electrons. The molecule has 0 unspecified atom stereocenters. The number of likely N-dealkylation sites (N-methyl/N-ethyl adjacent to an activating group) is 1. The van der Waals surface area contributed by atoms with Crippen LogP contribution in [0.1, 0.15) is 10.5 Å². The lowest BCUT2D eigenvalue weighted by molar-refractivity contribution is 0.0764. The molecule has 1 amide bonds. The van der Waals surface area contributed by atoms with Crippen LogP contribution in [0.2, 0.25) is 5.02 Å². The van der Waals surface area contributed by atoms with Crippen LogP contribution >= 0.6 is 27.5 Å². The Morgan fingerprint density at radius 1 is 1.38 bits per heavy atom. The SMILES string of the molecule is CN(CCOc1ccc(Cl)cc1)C(=O)c1cc(Br)cn1C. The summed E-state index contributed by atoms with van der Waals surface area (Å²) in [6.45, 7) is 0.930. The van der Waals surface area contributed by atoms with Crippen LogP contribution in [0.15, 0.2) is 41.0 Å². The van der Waals surface area contributed by atoms with E-state index in [1.165, 1.54) is 0 Å². The number of aromatic nitrogens is 1. The number of rotatable bonds is 5. The Morgan fingerprint density at radius 3 is 2.62 bits per heavy atom. The van der Waals surface area contributed by atoms with E-state index in [2.05, 4.69) is 15.9 Å². The normalized spacial score (nSPS) is 10.5. The van der Waals surface area contributed by atoms with E-state index in [0.717, 1.165) is 10.2 Å². The second kappa shape index (κ2) is 7.00. The van der Waals surface area contributed by atoms with Gasteiger partial charge in [0.05, 0.1) is 6.54 Å².